The number of phenolic OH excluding ortho intramolecular Hbond substituents is 2. The van der Waals surface area contributed by atoms with E-state index in [0.29, 0.717) is 78.6 Å². The van der Waals surface area contributed by atoms with E-state index in [1.165, 1.54) is 14.2 Å². The van der Waals surface area contributed by atoms with Crippen molar-refractivity contribution < 1.29 is 43.4 Å². The third-order valence-corrected chi connectivity index (χ3v) is 13.3. The Morgan fingerprint density at radius 1 is 0.852 bits per heavy atom. The van der Waals surface area contributed by atoms with Gasteiger partial charge in [-0.15, -0.1) is 0 Å². The van der Waals surface area contributed by atoms with Crippen molar-refractivity contribution in [3.8, 4) is 51.7 Å². The molecule has 14 heteroatoms. The van der Waals surface area contributed by atoms with E-state index in [9.17, 15) is 20.3 Å². The molecule has 0 spiro atoms. The Bertz CT molecular complexity index is 2310. The summed E-state index contributed by atoms with van der Waals surface area (Å²) in [5.41, 5.74) is 8.43. The van der Waals surface area contributed by atoms with Gasteiger partial charge in [0.1, 0.15) is 24.1 Å². The highest BCUT2D eigenvalue weighted by molar-refractivity contribution is 5.79. The van der Waals surface area contributed by atoms with Gasteiger partial charge in [0.2, 0.25) is 0 Å². The third-order valence-electron chi connectivity index (χ3n) is 13.3. The molecule has 1 aliphatic carbocycles. The van der Waals surface area contributed by atoms with Crippen molar-refractivity contribution in [3.63, 3.8) is 0 Å². The first-order valence-electron chi connectivity index (χ1n) is 20.8. The SMILES string of the molecule is COc1c(C)c(OC)c2c(c1O)[C@H](CNC(=O)OCC1c3ccccc3-c3ccccc31)N[C@H]([C@H]1c3c(O)c(OC)c(C)c(OC)c3C[C@@H]([C@H](C#N)N3CCOCC3)N1C)C2. The number of phenols is 2. The zero-order valence-corrected chi connectivity index (χ0v) is 35.8. The molecule has 5 atom stereocenters. The van der Waals surface area contributed by atoms with Crippen LogP contribution >= 0.6 is 0 Å². The van der Waals surface area contributed by atoms with Gasteiger partial charge < -0.3 is 49.3 Å². The van der Waals surface area contributed by atoms with Gasteiger partial charge in [-0.2, -0.15) is 5.26 Å². The molecule has 0 saturated carbocycles. The number of carbonyl (C=O) groups excluding carboxylic acids is 1. The van der Waals surface area contributed by atoms with Gasteiger partial charge in [0.25, 0.3) is 0 Å². The van der Waals surface area contributed by atoms with E-state index >= 15 is 0 Å². The second kappa shape index (κ2) is 17.3. The zero-order valence-electron chi connectivity index (χ0n) is 35.8. The number of methoxy groups -OCH3 is 4. The number of benzene rings is 4. The second-order valence-corrected chi connectivity index (χ2v) is 16.2. The molecule has 4 aliphatic rings. The number of nitriles is 1. The standard InChI is InChI=1S/C47H55N5O9/c1-25-43(56-4)31-20-34(40-39-32(44(57-5)26(2)46(59-7)42(39)54)21-36(51(40)3)37(22-48)52-16-18-60-19-17-52)50-35(38(31)41(53)45(25)58-6)23-49-47(55)61-24-33-29-14-10-8-12-27(29)28-13-9-11-15-30(28)33/h8-15,33-37,40,50,53-54H,16-21,23-24H2,1-7H3,(H,49,55)/t34-,35-,36-,37-,40-/m0/s1. The van der Waals surface area contributed by atoms with E-state index in [1.807, 2.05) is 45.2 Å². The minimum Gasteiger partial charge on any atom is -0.504 e. The average molecular weight is 834 g/mol. The van der Waals surface area contributed by atoms with Crippen molar-refractivity contribution in [2.75, 3.05) is 74.9 Å². The lowest BCUT2D eigenvalue weighted by molar-refractivity contribution is -0.00443. The fourth-order valence-electron chi connectivity index (χ4n) is 10.6. The maximum atomic E-state index is 13.7. The maximum absolute atomic E-state index is 13.7. The Labute approximate surface area is 356 Å². The topological polar surface area (TPSA) is 167 Å². The van der Waals surface area contributed by atoms with E-state index in [0.717, 1.165) is 33.4 Å². The van der Waals surface area contributed by atoms with E-state index < -0.39 is 30.3 Å². The number of ether oxygens (including phenoxy) is 6. The number of morpholine rings is 1. The summed E-state index contributed by atoms with van der Waals surface area (Å²) in [7, 11) is 8.19. The Morgan fingerprint density at radius 3 is 1.95 bits per heavy atom. The Morgan fingerprint density at radius 2 is 1.39 bits per heavy atom. The molecule has 8 rings (SSSR count). The normalized spacial score (nSPS) is 21.5. The van der Waals surface area contributed by atoms with Gasteiger partial charge >= 0.3 is 6.09 Å². The molecular formula is C47H55N5O9. The number of likely N-dealkylation sites (N-methyl/N-ethyl adjacent to an activating group) is 1. The van der Waals surface area contributed by atoms with Crippen LogP contribution in [0.15, 0.2) is 48.5 Å². The van der Waals surface area contributed by atoms with Crippen LogP contribution in [0.25, 0.3) is 11.1 Å². The number of hydrogen-bond acceptors (Lipinski definition) is 13. The van der Waals surface area contributed by atoms with Gasteiger partial charge in [-0.3, -0.25) is 9.80 Å². The lowest BCUT2D eigenvalue weighted by atomic mass is 9.76. The largest absolute Gasteiger partial charge is 0.504 e. The van der Waals surface area contributed by atoms with Gasteiger partial charge in [0.15, 0.2) is 23.0 Å². The van der Waals surface area contributed by atoms with E-state index in [-0.39, 0.29) is 42.4 Å². The number of hydrogen-bond donors (Lipinski definition) is 4. The molecular weight excluding hydrogens is 779 g/mol. The van der Waals surface area contributed by atoms with Gasteiger partial charge in [-0.1, -0.05) is 48.5 Å². The molecule has 0 radical (unpaired) electrons. The summed E-state index contributed by atoms with van der Waals surface area (Å²) < 4.78 is 35.3. The van der Waals surface area contributed by atoms with Crippen LogP contribution in [0.5, 0.6) is 34.5 Å². The van der Waals surface area contributed by atoms with Crippen molar-refractivity contribution in [2.45, 2.75) is 62.8 Å². The smallest absolute Gasteiger partial charge is 0.407 e. The summed E-state index contributed by atoms with van der Waals surface area (Å²) in [5, 5.41) is 41.7. The van der Waals surface area contributed by atoms with Gasteiger partial charge in [0.05, 0.1) is 59.8 Å². The zero-order chi connectivity index (χ0) is 43.1. The van der Waals surface area contributed by atoms with E-state index in [4.69, 9.17) is 28.4 Å². The quantitative estimate of drug-likeness (QED) is 0.146. The molecule has 0 bridgehead atoms. The lowest BCUT2D eigenvalue weighted by Crippen LogP contribution is -2.60. The Balaban J connectivity index is 1.17. The van der Waals surface area contributed by atoms with Crippen molar-refractivity contribution in [1.82, 2.24) is 20.4 Å². The Kier molecular flexibility index (Phi) is 11.9. The molecule has 0 unspecified atom stereocenters. The molecule has 1 fully saturated rings. The minimum absolute atomic E-state index is 0.00684. The van der Waals surface area contributed by atoms with Crippen LogP contribution in [-0.4, -0.2) is 119 Å². The second-order valence-electron chi connectivity index (χ2n) is 16.2. The van der Waals surface area contributed by atoms with Gasteiger partial charge in [-0.25, -0.2) is 4.79 Å². The number of carbonyl (C=O) groups is 1. The molecule has 1 amide bonds. The van der Waals surface area contributed by atoms with Crippen molar-refractivity contribution in [2.24, 2.45) is 0 Å². The summed E-state index contributed by atoms with van der Waals surface area (Å²) >= 11 is 0. The van der Waals surface area contributed by atoms with E-state index in [2.05, 4.69) is 50.8 Å². The maximum Gasteiger partial charge on any atom is 0.407 e. The van der Waals surface area contributed by atoms with Crippen molar-refractivity contribution in [1.29, 1.82) is 5.26 Å². The summed E-state index contributed by atoms with van der Waals surface area (Å²) in [6.07, 6.45) is 0.158. The highest BCUT2D eigenvalue weighted by atomic mass is 16.5. The lowest BCUT2D eigenvalue weighted by Gasteiger charge is -2.50. The van der Waals surface area contributed by atoms with Crippen molar-refractivity contribution in [3.05, 3.63) is 93.0 Å². The van der Waals surface area contributed by atoms with Crippen LogP contribution < -0.4 is 29.6 Å². The predicted octanol–water partition coefficient (Wildman–Crippen LogP) is 5.67. The van der Waals surface area contributed by atoms with Crippen molar-refractivity contribution >= 4 is 6.09 Å². The molecule has 4 aromatic carbocycles. The molecule has 3 aliphatic heterocycles. The molecule has 1 saturated heterocycles. The Hall–Kier alpha value is -5.72. The third kappa shape index (κ3) is 7.13. The average Bonchev–Trinajstić information content (AvgIpc) is 3.59. The number of amides is 1. The molecule has 61 heavy (non-hydrogen) atoms. The van der Waals surface area contributed by atoms with Gasteiger partial charge in [-0.05, 0) is 56.0 Å². The molecule has 322 valence electrons. The first-order valence-corrected chi connectivity index (χ1v) is 20.8. The fraction of sp³-hybridized carbons (Fsp3) is 0.447. The highest BCUT2D eigenvalue weighted by Crippen LogP contribution is 2.54. The minimum atomic E-state index is -0.683. The summed E-state index contributed by atoms with van der Waals surface area (Å²) in [6.45, 7) is 6.13. The van der Waals surface area contributed by atoms with Crippen LogP contribution in [0.4, 0.5) is 4.79 Å². The number of nitrogens with one attached hydrogen (secondary N) is 2. The molecule has 3 heterocycles. The van der Waals surface area contributed by atoms with Gasteiger partial charge in [0, 0.05) is 71.0 Å². The van der Waals surface area contributed by atoms with Crippen LogP contribution in [0.3, 0.4) is 0 Å². The molecule has 4 N–H and O–H groups in total. The van der Waals surface area contributed by atoms with E-state index in [1.54, 1.807) is 14.2 Å². The monoisotopic (exact) mass is 833 g/mol. The van der Waals surface area contributed by atoms with Crippen LogP contribution in [0, 0.1) is 25.2 Å². The molecule has 0 aromatic heterocycles. The van der Waals surface area contributed by atoms with Crippen LogP contribution in [0.1, 0.15) is 62.5 Å². The molecule has 4 aromatic rings. The van der Waals surface area contributed by atoms with Crippen LogP contribution in [-0.2, 0) is 22.3 Å². The molecule has 14 nitrogen and oxygen atoms in total. The first-order chi connectivity index (χ1) is 29.6. The first kappa shape index (κ1) is 42.0. The predicted molar refractivity (Wildman–Crippen MR) is 228 cm³/mol. The summed E-state index contributed by atoms with van der Waals surface area (Å²) in [6, 6.07) is 16.4. The van der Waals surface area contributed by atoms with Crippen LogP contribution in [0.2, 0.25) is 0 Å². The number of alkyl carbamates (subject to hydrolysis) is 1. The number of rotatable bonds is 11. The number of fused-ring (bicyclic) bond motifs is 5. The number of nitrogens with zero attached hydrogens (tertiary/aromatic N) is 3. The summed E-state index contributed by atoms with van der Waals surface area (Å²) in [5.74, 6) is 1.52. The summed E-state index contributed by atoms with van der Waals surface area (Å²) in [4.78, 5) is 18.0. The fourth-order valence-corrected chi connectivity index (χ4v) is 10.6. The number of aromatic hydroxyl groups is 2. The highest BCUT2D eigenvalue weighted by Gasteiger charge is 2.48.